The number of nitrogens with two attached hydrogens (primary N) is 1. The van der Waals surface area contributed by atoms with Crippen LogP contribution in [0, 0.1) is 5.41 Å². The maximum atomic E-state index is 11.7. The van der Waals surface area contributed by atoms with Crippen LogP contribution in [0.5, 0.6) is 0 Å². The third-order valence-electron chi connectivity index (χ3n) is 2.83. The number of carbonyl (C=O) groups is 1. The quantitative estimate of drug-likeness (QED) is 0.858. The van der Waals surface area contributed by atoms with Crippen molar-refractivity contribution in [2.45, 2.75) is 46.1 Å². The van der Waals surface area contributed by atoms with E-state index in [9.17, 15) is 4.79 Å². The smallest absolute Gasteiger partial charge is 0.134 e. The number of rotatable bonds is 5. The molecular formula is C13H21NOS. The van der Waals surface area contributed by atoms with Crippen LogP contribution in [0.4, 0.5) is 0 Å². The minimum atomic E-state index is -0.0394. The van der Waals surface area contributed by atoms with Gasteiger partial charge in [0.15, 0.2) is 0 Å². The van der Waals surface area contributed by atoms with Crippen LogP contribution in [0.2, 0.25) is 0 Å². The van der Waals surface area contributed by atoms with Gasteiger partial charge in [-0.25, -0.2) is 0 Å². The van der Waals surface area contributed by atoms with Crippen LogP contribution in [0.15, 0.2) is 16.8 Å². The number of ketones is 1. The Balaban J connectivity index is 2.31. The lowest BCUT2D eigenvalue weighted by Crippen LogP contribution is -2.37. The third kappa shape index (κ3) is 4.45. The average molecular weight is 239 g/mol. The van der Waals surface area contributed by atoms with Crippen molar-refractivity contribution in [3.8, 4) is 0 Å². The normalized spacial score (nSPS) is 13.8. The fraction of sp³-hybridized carbons (Fsp3) is 0.615. The molecule has 0 aromatic carbocycles. The number of carbonyl (C=O) groups excluding carboxylic acids is 1. The Hall–Kier alpha value is -0.670. The lowest BCUT2D eigenvalue weighted by Gasteiger charge is -2.26. The number of hydrogen-bond donors (Lipinski definition) is 1. The van der Waals surface area contributed by atoms with Crippen LogP contribution in [-0.2, 0) is 11.2 Å². The van der Waals surface area contributed by atoms with Crippen LogP contribution in [-0.4, -0.2) is 11.8 Å². The number of hydrogen-bond acceptors (Lipinski definition) is 3. The predicted octanol–water partition coefficient (Wildman–Crippen LogP) is 3.01. The molecule has 1 aromatic rings. The molecule has 0 aliphatic carbocycles. The Kier molecular flexibility index (Phi) is 4.69. The van der Waals surface area contributed by atoms with Crippen molar-refractivity contribution in [3.63, 3.8) is 0 Å². The van der Waals surface area contributed by atoms with E-state index in [0.717, 1.165) is 6.42 Å². The van der Waals surface area contributed by atoms with Gasteiger partial charge in [0.05, 0.1) is 0 Å². The predicted molar refractivity (Wildman–Crippen MR) is 69.7 cm³/mol. The van der Waals surface area contributed by atoms with Crippen LogP contribution >= 0.6 is 11.3 Å². The van der Waals surface area contributed by atoms with Crippen molar-refractivity contribution < 1.29 is 4.79 Å². The molecule has 2 N–H and O–H groups in total. The fourth-order valence-electron chi connectivity index (χ4n) is 1.37. The second-order valence-corrected chi connectivity index (χ2v) is 6.13. The highest BCUT2D eigenvalue weighted by molar-refractivity contribution is 7.07. The van der Waals surface area contributed by atoms with Crippen molar-refractivity contribution in [2.24, 2.45) is 11.1 Å². The average Bonchev–Trinajstić information content (AvgIpc) is 2.65. The number of thiophene rings is 1. The van der Waals surface area contributed by atoms with Crippen molar-refractivity contribution >= 4 is 17.1 Å². The minimum Gasteiger partial charge on any atom is -0.327 e. The first kappa shape index (κ1) is 13.4. The molecule has 1 unspecified atom stereocenters. The highest BCUT2D eigenvalue weighted by Crippen LogP contribution is 2.20. The molecule has 0 bridgehead atoms. The zero-order valence-corrected chi connectivity index (χ0v) is 11.1. The maximum Gasteiger partial charge on any atom is 0.134 e. The van der Waals surface area contributed by atoms with Gasteiger partial charge in [-0.05, 0) is 34.2 Å². The summed E-state index contributed by atoms with van der Waals surface area (Å²) in [7, 11) is 0. The summed E-state index contributed by atoms with van der Waals surface area (Å²) in [5.41, 5.74) is 7.25. The summed E-state index contributed by atoms with van der Waals surface area (Å²) in [6.45, 7) is 6.22. The molecule has 1 atom stereocenters. The lowest BCUT2D eigenvalue weighted by atomic mass is 9.84. The Morgan fingerprint density at radius 1 is 1.50 bits per heavy atom. The van der Waals surface area contributed by atoms with Gasteiger partial charge < -0.3 is 5.73 Å². The summed E-state index contributed by atoms with van der Waals surface area (Å²) in [6.07, 6.45) is 1.95. The fourth-order valence-corrected chi connectivity index (χ4v) is 2.08. The molecule has 0 aliphatic rings. The standard InChI is InChI=1S/C13H21NOS/c1-13(2,3)12(14)8-11(15)5-4-10-6-7-16-9-10/h6-7,9,12H,4-5,8,14H2,1-3H3. The van der Waals surface area contributed by atoms with Crippen LogP contribution < -0.4 is 5.73 Å². The first-order chi connectivity index (χ1) is 7.39. The zero-order chi connectivity index (χ0) is 12.2. The van der Waals surface area contributed by atoms with Gasteiger partial charge >= 0.3 is 0 Å². The third-order valence-corrected chi connectivity index (χ3v) is 3.56. The van der Waals surface area contributed by atoms with E-state index in [2.05, 4.69) is 32.2 Å². The first-order valence-electron chi connectivity index (χ1n) is 5.68. The monoisotopic (exact) mass is 239 g/mol. The Bertz CT molecular complexity index is 324. The summed E-state index contributed by atoms with van der Waals surface area (Å²) < 4.78 is 0. The second-order valence-electron chi connectivity index (χ2n) is 5.35. The molecule has 0 amide bonds. The Labute approximate surface area is 102 Å². The van der Waals surface area contributed by atoms with E-state index in [-0.39, 0.29) is 17.2 Å². The second kappa shape index (κ2) is 5.60. The molecular weight excluding hydrogens is 218 g/mol. The molecule has 1 aromatic heterocycles. The van der Waals surface area contributed by atoms with E-state index >= 15 is 0 Å². The zero-order valence-electron chi connectivity index (χ0n) is 10.3. The topological polar surface area (TPSA) is 43.1 Å². The van der Waals surface area contributed by atoms with Gasteiger partial charge in [0, 0.05) is 18.9 Å². The summed E-state index contributed by atoms with van der Waals surface area (Å²) in [4.78, 5) is 11.7. The van der Waals surface area contributed by atoms with Gasteiger partial charge in [-0.1, -0.05) is 20.8 Å². The molecule has 0 fully saturated rings. The van der Waals surface area contributed by atoms with E-state index < -0.39 is 0 Å². The summed E-state index contributed by atoms with van der Waals surface area (Å²) in [5.74, 6) is 0.272. The van der Waals surface area contributed by atoms with Crippen molar-refractivity contribution in [1.82, 2.24) is 0 Å². The molecule has 0 aliphatic heterocycles. The molecule has 2 nitrogen and oxygen atoms in total. The van der Waals surface area contributed by atoms with Gasteiger partial charge in [-0.3, -0.25) is 4.79 Å². The van der Waals surface area contributed by atoms with Crippen LogP contribution in [0.1, 0.15) is 39.2 Å². The molecule has 0 spiro atoms. The van der Waals surface area contributed by atoms with Gasteiger partial charge in [-0.15, -0.1) is 0 Å². The molecule has 90 valence electrons. The van der Waals surface area contributed by atoms with E-state index in [0.29, 0.717) is 12.8 Å². The van der Waals surface area contributed by atoms with E-state index in [1.807, 2.05) is 5.38 Å². The summed E-state index contributed by atoms with van der Waals surface area (Å²) >= 11 is 1.67. The Morgan fingerprint density at radius 2 is 2.19 bits per heavy atom. The van der Waals surface area contributed by atoms with E-state index in [1.54, 1.807) is 11.3 Å². The van der Waals surface area contributed by atoms with Crippen molar-refractivity contribution in [3.05, 3.63) is 22.4 Å². The largest absolute Gasteiger partial charge is 0.327 e. The highest BCUT2D eigenvalue weighted by atomic mass is 32.1. The highest BCUT2D eigenvalue weighted by Gasteiger charge is 2.22. The van der Waals surface area contributed by atoms with Gasteiger partial charge in [0.1, 0.15) is 5.78 Å². The molecule has 1 rings (SSSR count). The van der Waals surface area contributed by atoms with Gasteiger partial charge in [0.25, 0.3) is 0 Å². The molecule has 16 heavy (non-hydrogen) atoms. The number of aryl methyl sites for hydroxylation is 1. The van der Waals surface area contributed by atoms with E-state index in [4.69, 9.17) is 5.73 Å². The summed E-state index contributed by atoms with van der Waals surface area (Å²) in [5, 5.41) is 4.14. The van der Waals surface area contributed by atoms with Gasteiger partial charge in [-0.2, -0.15) is 11.3 Å². The molecule has 3 heteroatoms. The summed E-state index contributed by atoms with van der Waals surface area (Å²) in [6, 6.07) is 2.03. The van der Waals surface area contributed by atoms with Gasteiger partial charge in [0.2, 0.25) is 0 Å². The molecule has 0 saturated heterocycles. The van der Waals surface area contributed by atoms with Crippen LogP contribution in [0.25, 0.3) is 0 Å². The SMILES string of the molecule is CC(C)(C)C(N)CC(=O)CCc1ccsc1. The van der Waals surface area contributed by atoms with Crippen LogP contribution in [0.3, 0.4) is 0 Å². The number of Topliss-reactive ketones (excluding diaryl/α,β-unsaturated/α-hetero) is 1. The van der Waals surface area contributed by atoms with E-state index in [1.165, 1.54) is 5.56 Å². The van der Waals surface area contributed by atoms with Crippen molar-refractivity contribution in [2.75, 3.05) is 0 Å². The molecule has 1 heterocycles. The maximum absolute atomic E-state index is 11.7. The minimum absolute atomic E-state index is 0.0119. The lowest BCUT2D eigenvalue weighted by molar-refractivity contribution is -0.119. The molecule has 0 radical (unpaired) electrons. The van der Waals surface area contributed by atoms with Crippen molar-refractivity contribution in [1.29, 1.82) is 0 Å². The Morgan fingerprint density at radius 3 is 2.69 bits per heavy atom. The molecule has 0 saturated carbocycles. The first-order valence-corrected chi connectivity index (χ1v) is 6.62.